The monoisotopic (exact) mass is 168 g/mol. The van der Waals surface area contributed by atoms with Gasteiger partial charge in [-0.2, -0.15) is 0 Å². The number of rotatable bonds is 4. The molecule has 12 heavy (non-hydrogen) atoms. The minimum absolute atomic E-state index is 0.0196. The fourth-order valence-corrected chi connectivity index (χ4v) is 1.45. The minimum Gasteiger partial charge on any atom is -0.402 e. The van der Waals surface area contributed by atoms with E-state index in [1.54, 1.807) is 6.08 Å². The van der Waals surface area contributed by atoms with Crippen LogP contribution in [0.1, 0.15) is 34.1 Å². The van der Waals surface area contributed by atoms with Crippen molar-refractivity contribution < 1.29 is 0 Å². The maximum atomic E-state index is 6.91. The van der Waals surface area contributed by atoms with E-state index < -0.39 is 0 Å². The first kappa shape index (κ1) is 11.2. The van der Waals surface area contributed by atoms with Crippen LogP contribution >= 0.6 is 0 Å². The fraction of sp³-hybridized carbons (Fsp3) is 0.700. The smallest absolute Gasteiger partial charge is 0.0195 e. The molecule has 0 aliphatic rings. The number of nitrogens with two attached hydrogens (primary N) is 1. The van der Waals surface area contributed by atoms with Crippen LogP contribution in [0.3, 0.4) is 0 Å². The number of allylic oxidation sites excluding steroid dienone is 2. The summed E-state index contributed by atoms with van der Waals surface area (Å²) in [4.78, 5) is 0. The molecular weight excluding hydrogens is 148 g/mol. The quantitative estimate of drug-likeness (QED) is 0.623. The minimum atomic E-state index is 0.0196. The molecular formula is C10H20N2. The van der Waals surface area contributed by atoms with E-state index in [4.69, 9.17) is 11.1 Å². The van der Waals surface area contributed by atoms with Gasteiger partial charge in [0.15, 0.2) is 0 Å². The Morgan fingerprint density at radius 1 is 1.50 bits per heavy atom. The van der Waals surface area contributed by atoms with Gasteiger partial charge < -0.3 is 11.1 Å². The second kappa shape index (κ2) is 4.29. The molecule has 0 amide bonds. The Morgan fingerprint density at radius 2 is 2.00 bits per heavy atom. The van der Waals surface area contributed by atoms with Crippen molar-refractivity contribution in [1.82, 2.24) is 0 Å². The van der Waals surface area contributed by atoms with Crippen LogP contribution in [0.25, 0.3) is 0 Å². The molecule has 0 aliphatic heterocycles. The normalized spacial score (nSPS) is 13.6. The van der Waals surface area contributed by atoms with E-state index in [2.05, 4.69) is 27.7 Å². The maximum absolute atomic E-state index is 6.91. The van der Waals surface area contributed by atoms with Crippen molar-refractivity contribution in [3.63, 3.8) is 0 Å². The second-order valence-electron chi connectivity index (χ2n) is 4.27. The van der Waals surface area contributed by atoms with Gasteiger partial charge in [0.2, 0.25) is 0 Å². The summed E-state index contributed by atoms with van der Waals surface area (Å²) in [5, 5.41) is 6.91. The van der Waals surface area contributed by atoms with Gasteiger partial charge in [-0.1, -0.05) is 27.7 Å². The predicted molar refractivity (Wildman–Crippen MR) is 54.3 cm³/mol. The van der Waals surface area contributed by atoms with Crippen LogP contribution in [0.15, 0.2) is 11.8 Å². The molecule has 0 saturated heterocycles. The third kappa shape index (κ3) is 3.56. The summed E-state index contributed by atoms with van der Waals surface area (Å²) in [6, 6.07) is 0. The molecule has 0 fully saturated rings. The number of hydrogen-bond donors (Lipinski definition) is 2. The Hall–Kier alpha value is -0.790. The fourth-order valence-electron chi connectivity index (χ4n) is 1.45. The van der Waals surface area contributed by atoms with Gasteiger partial charge in [-0.25, -0.2) is 0 Å². The van der Waals surface area contributed by atoms with E-state index in [1.807, 2.05) is 0 Å². The summed E-state index contributed by atoms with van der Waals surface area (Å²) < 4.78 is 0. The Morgan fingerprint density at radius 3 is 2.33 bits per heavy atom. The van der Waals surface area contributed by atoms with Crippen LogP contribution in [0.4, 0.5) is 0 Å². The highest BCUT2D eigenvalue weighted by Gasteiger charge is 2.21. The summed E-state index contributed by atoms with van der Waals surface area (Å²) in [6.07, 6.45) is 3.98. The zero-order valence-corrected chi connectivity index (χ0v) is 8.52. The average molecular weight is 168 g/mol. The molecule has 3 N–H and O–H groups in total. The van der Waals surface area contributed by atoms with Crippen molar-refractivity contribution in [1.29, 1.82) is 5.41 Å². The molecule has 0 aromatic heterocycles. The van der Waals surface area contributed by atoms with Crippen LogP contribution in [0.5, 0.6) is 0 Å². The molecule has 2 nitrogen and oxygen atoms in total. The van der Waals surface area contributed by atoms with Crippen molar-refractivity contribution in [2.24, 2.45) is 17.1 Å². The molecule has 0 aliphatic carbocycles. The van der Waals surface area contributed by atoms with Crippen molar-refractivity contribution >= 4 is 6.21 Å². The van der Waals surface area contributed by atoms with E-state index in [0.717, 1.165) is 12.1 Å². The zero-order chi connectivity index (χ0) is 9.78. The van der Waals surface area contributed by atoms with Crippen LogP contribution in [0.2, 0.25) is 0 Å². The Balaban J connectivity index is 4.38. The lowest BCUT2D eigenvalue weighted by Gasteiger charge is -2.27. The average Bonchev–Trinajstić information content (AvgIpc) is 1.85. The molecule has 0 rings (SSSR count). The summed E-state index contributed by atoms with van der Waals surface area (Å²) in [6.45, 7) is 8.59. The van der Waals surface area contributed by atoms with Crippen LogP contribution < -0.4 is 5.73 Å². The van der Waals surface area contributed by atoms with Gasteiger partial charge >= 0.3 is 0 Å². The van der Waals surface area contributed by atoms with E-state index >= 15 is 0 Å². The predicted octanol–water partition coefficient (Wildman–Crippen LogP) is 2.55. The zero-order valence-electron chi connectivity index (χ0n) is 8.52. The molecule has 0 spiro atoms. The van der Waals surface area contributed by atoms with Crippen molar-refractivity contribution in [3.8, 4) is 0 Å². The largest absolute Gasteiger partial charge is 0.402 e. The highest BCUT2D eigenvalue weighted by Crippen LogP contribution is 2.30. The lowest BCUT2D eigenvalue weighted by molar-refractivity contribution is 0.342. The van der Waals surface area contributed by atoms with Crippen molar-refractivity contribution in [2.45, 2.75) is 34.1 Å². The third-order valence-corrected chi connectivity index (χ3v) is 1.96. The summed E-state index contributed by atoms with van der Waals surface area (Å²) in [5.41, 5.74) is 6.64. The Labute approximate surface area is 75.4 Å². The Bertz CT molecular complexity index is 178. The van der Waals surface area contributed by atoms with Crippen LogP contribution in [-0.2, 0) is 0 Å². The number of nitrogens with one attached hydrogen (secondary N) is 1. The summed E-state index contributed by atoms with van der Waals surface area (Å²) in [7, 11) is 0. The van der Waals surface area contributed by atoms with Gasteiger partial charge in [-0.05, 0) is 18.4 Å². The molecule has 0 unspecified atom stereocenters. The van der Waals surface area contributed by atoms with Crippen molar-refractivity contribution in [2.75, 3.05) is 0 Å². The summed E-state index contributed by atoms with van der Waals surface area (Å²) in [5.74, 6) is 0.637. The van der Waals surface area contributed by atoms with Gasteiger partial charge in [0.1, 0.15) is 0 Å². The van der Waals surface area contributed by atoms with Crippen LogP contribution in [-0.4, -0.2) is 6.21 Å². The first-order valence-electron chi connectivity index (χ1n) is 4.37. The first-order chi connectivity index (χ1) is 5.40. The van der Waals surface area contributed by atoms with Crippen LogP contribution in [0, 0.1) is 16.7 Å². The SMILES string of the molecule is CC(C)CC(C)(C)/C(N)=C/C=N. The molecule has 0 bridgehead atoms. The Kier molecular flexibility index (Phi) is 4.01. The highest BCUT2D eigenvalue weighted by atomic mass is 14.6. The van der Waals surface area contributed by atoms with E-state index in [0.29, 0.717) is 5.92 Å². The maximum Gasteiger partial charge on any atom is 0.0195 e. The standard InChI is InChI=1S/C10H20N2/c1-8(2)7-10(3,4)9(12)5-6-11/h5-6,8,11H,7,12H2,1-4H3/b9-5-,11-6?. The number of hydrogen-bond acceptors (Lipinski definition) is 2. The molecule has 0 atom stereocenters. The van der Waals surface area contributed by atoms with Gasteiger partial charge in [-0.15, -0.1) is 0 Å². The second-order valence-corrected chi connectivity index (χ2v) is 4.27. The lowest BCUT2D eigenvalue weighted by atomic mass is 9.81. The van der Waals surface area contributed by atoms with E-state index in [-0.39, 0.29) is 5.41 Å². The molecule has 2 heteroatoms. The molecule has 0 aromatic rings. The topological polar surface area (TPSA) is 49.9 Å². The molecule has 0 saturated carbocycles. The van der Waals surface area contributed by atoms with E-state index in [9.17, 15) is 0 Å². The highest BCUT2D eigenvalue weighted by molar-refractivity contribution is 5.68. The van der Waals surface area contributed by atoms with Gasteiger partial charge in [0.05, 0.1) is 0 Å². The molecule has 0 aromatic carbocycles. The molecule has 0 heterocycles. The molecule has 0 radical (unpaired) electrons. The van der Waals surface area contributed by atoms with Gasteiger partial charge in [0.25, 0.3) is 0 Å². The van der Waals surface area contributed by atoms with Gasteiger partial charge in [-0.3, -0.25) is 0 Å². The third-order valence-electron chi connectivity index (χ3n) is 1.96. The van der Waals surface area contributed by atoms with Gasteiger partial charge in [0, 0.05) is 17.3 Å². The molecule has 70 valence electrons. The summed E-state index contributed by atoms with van der Waals surface area (Å²) >= 11 is 0. The van der Waals surface area contributed by atoms with Crippen molar-refractivity contribution in [3.05, 3.63) is 11.8 Å². The lowest BCUT2D eigenvalue weighted by Crippen LogP contribution is -2.23. The van der Waals surface area contributed by atoms with E-state index in [1.165, 1.54) is 6.21 Å². The first-order valence-corrected chi connectivity index (χ1v) is 4.37.